The molecule has 0 unspecified atom stereocenters. The summed E-state index contributed by atoms with van der Waals surface area (Å²) in [6, 6.07) is 6.43. The molecule has 7 heteroatoms. The van der Waals surface area contributed by atoms with Crippen molar-refractivity contribution >= 4 is 21.6 Å². The normalized spacial score (nSPS) is 11.2. The van der Waals surface area contributed by atoms with Crippen molar-refractivity contribution in [2.75, 3.05) is 32.0 Å². The zero-order valence-electron chi connectivity index (χ0n) is 12.7. The Morgan fingerprint density at radius 1 is 1.14 bits per heavy atom. The van der Waals surface area contributed by atoms with Gasteiger partial charge in [0.15, 0.2) is 0 Å². The highest BCUT2D eigenvalue weighted by molar-refractivity contribution is 7.89. The number of nitrogens with zero attached hydrogens (tertiary/aromatic N) is 1. The van der Waals surface area contributed by atoms with Crippen molar-refractivity contribution in [1.82, 2.24) is 9.62 Å². The summed E-state index contributed by atoms with van der Waals surface area (Å²) in [5, 5.41) is 3.11. The van der Waals surface area contributed by atoms with Crippen LogP contribution in [0.1, 0.15) is 20.3 Å². The van der Waals surface area contributed by atoms with Gasteiger partial charge in [0.1, 0.15) is 0 Å². The van der Waals surface area contributed by atoms with Crippen LogP contribution in [0.2, 0.25) is 0 Å². The standard InChI is InChI=1S/C14H23N3O3S/c1-4-17(5-2)14(18)10-11-16-12-6-8-13(9-7-12)21(19,20)15-3/h6-9,15-16H,4-5,10-11H2,1-3H3. The van der Waals surface area contributed by atoms with E-state index in [0.717, 1.165) is 5.69 Å². The molecule has 0 atom stereocenters. The van der Waals surface area contributed by atoms with Gasteiger partial charge in [-0.2, -0.15) is 0 Å². The van der Waals surface area contributed by atoms with Crippen molar-refractivity contribution in [3.63, 3.8) is 0 Å². The third-order valence-corrected chi connectivity index (χ3v) is 4.65. The molecule has 1 aromatic rings. The predicted molar refractivity (Wildman–Crippen MR) is 83.7 cm³/mol. The van der Waals surface area contributed by atoms with Crippen molar-refractivity contribution in [1.29, 1.82) is 0 Å². The Bertz CT molecular complexity index is 551. The fourth-order valence-electron chi connectivity index (χ4n) is 1.92. The molecule has 0 bridgehead atoms. The van der Waals surface area contributed by atoms with E-state index in [0.29, 0.717) is 26.1 Å². The van der Waals surface area contributed by atoms with Crippen LogP contribution in [0.25, 0.3) is 0 Å². The highest BCUT2D eigenvalue weighted by atomic mass is 32.2. The third-order valence-electron chi connectivity index (χ3n) is 3.22. The van der Waals surface area contributed by atoms with Crippen LogP contribution in [0.4, 0.5) is 5.69 Å². The molecule has 0 saturated carbocycles. The Labute approximate surface area is 126 Å². The second-order valence-corrected chi connectivity index (χ2v) is 6.36. The predicted octanol–water partition coefficient (Wildman–Crippen LogP) is 1.27. The second-order valence-electron chi connectivity index (χ2n) is 4.47. The Hall–Kier alpha value is -1.60. The zero-order chi connectivity index (χ0) is 15.9. The third kappa shape index (κ3) is 5.02. The van der Waals surface area contributed by atoms with Crippen LogP contribution in [0.3, 0.4) is 0 Å². The van der Waals surface area contributed by atoms with Gasteiger partial charge in [-0.1, -0.05) is 0 Å². The molecule has 118 valence electrons. The maximum atomic E-state index is 11.8. The van der Waals surface area contributed by atoms with Crippen molar-refractivity contribution in [3.8, 4) is 0 Å². The Kier molecular flexibility index (Phi) is 6.64. The number of anilines is 1. The minimum absolute atomic E-state index is 0.113. The molecule has 0 aliphatic rings. The average Bonchev–Trinajstić information content (AvgIpc) is 2.49. The molecule has 1 rings (SSSR count). The first-order valence-corrected chi connectivity index (χ1v) is 8.48. The van der Waals surface area contributed by atoms with Gasteiger partial charge in [-0.3, -0.25) is 4.79 Å². The fraction of sp³-hybridized carbons (Fsp3) is 0.500. The van der Waals surface area contributed by atoms with E-state index in [1.54, 1.807) is 17.0 Å². The zero-order valence-corrected chi connectivity index (χ0v) is 13.5. The largest absolute Gasteiger partial charge is 0.385 e. The first-order valence-electron chi connectivity index (χ1n) is 6.99. The number of benzene rings is 1. The van der Waals surface area contributed by atoms with Gasteiger partial charge >= 0.3 is 0 Å². The quantitative estimate of drug-likeness (QED) is 0.757. The fourth-order valence-corrected chi connectivity index (χ4v) is 2.65. The lowest BCUT2D eigenvalue weighted by Crippen LogP contribution is -2.31. The van der Waals surface area contributed by atoms with Gasteiger partial charge in [0, 0.05) is 31.7 Å². The van der Waals surface area contributed by atoms with Gasteiger partial charge < -0.3 is 10.2 Å². The van der Waals surface area contributed by atoms with E-state index >= 15 is 0 Å². The van der Waals surface area contributed by atoms with Crippen molar-refractivity contribution in [3.05, 3.63) is 24.3 Å². The van der Waals surface area contributed by atoms with Gasteiger partial charge in [0.05, 0.1) is 4.90 Å². The summed E-state index contributed by atoms with van der Waals surface area (Å²) in [6.07, 6.45) is 0.415. The van der Waals surface area contributed by atoms with Crippen molar-refractivity contribution < 1.29 is 13.2 Å². The summed E-state index contributed by atoms with van der Waals surface area (Å²) in [5.74, 6) is 0.113. The number of sulfonamides is 1. The smallest absolute Gasteiger partial charge is 0.240 e. The summed E-state index contributed by atoms with van der Waals surface area (Å²) in [5.41, 5.74) is 0.789. The minimum Gasteiger partial charge on any atom is -0.385 e. The summed E-state index contributed by atoms with van der Waals surface area (Å²) in [7, 11) is -2.03. The van der Waals surface area contributed by atoms with Crippen LogP contribution in [0.15, 0.2) is 29.2 Å². The summed E-state index contributed by atoms with van der Waals surface area (Å²) >= 11 is 0. The molecular weight excluding hydrogens is 290 g/mol. The van der Waals surface area contributed by atoms with Crippen LogP contribution in [-0.4, -0.2) is 45.9 Å². The van der Waals surface area contributed by atoms with E-state index in [-0.39, 0.29) is 10.8 Å². The van der Waals surface area contributed by atoms with Gasteiger partial charge in [-0.05, 0) is 45.2 Å². The van der Waals surface area contributed by atoms with E-state index in [2.05, 4.69) is 10.0 Å². The molecule has 0 heterocycles. The molecule has 2 N–H and O–H groups in total. The molecule has 1 aromatic carbocycles. The lowest BCUT2D eigenvalue weighted by atomic mass is 10.3. The maximum Gasteiger partial charge on any atom is 0.240 e. The number of carbonyl (C=O) groups excluding carboxylic acids is 1. The number of hydrogen-bond acceptors (Lipinski definition) is 4. The molecule has 0 aromatic heterocycles. The van der Waals surface area contributed by atoms with Crippen LogP contribution < -0.4 is 10.0 Å². The molecule has 0 spiro atoms. The Balaban J connectivity index is 2.52. The molecule has 0 aliphatic carbocycles. The van der Waals surface area contributed by atoms with E-state index in [4.69, 9.17) is 0 Å². The summed E-state index contributed by atoms with van der Waals surface area (Å²) in [6.45, 7) is 5.86. The summed E-state index contributed by atoms with van der Waals surface area (Å²) < 4.78 is 25.4. The first-order chi connectivity index (χ1) is 9.94. The molecule has 1 amide bonds. The SMILES string of the molecule is CCN(CC)C(=O)CCNc1ccc(S(=O)(=O)NC)cc1. The van der Waals surface area contributed by atoms with E-state index < -0.39 is 10.0 Å². The van der Waals surface area contributed by atoms with Crippen LogP contribution in [-0.2, 0) is 14.8 Å². The number of hydrogen-bond donors (Lipinski definition) is 2. The molecule has 0 radical (unpaired) electrons. The molecular formula is C14H23N3O3S. The topological polar surface area (TPSA) is 78.5 Å². The Morgan fingerprint density at radius 2 is 1.71 bits per heavy atom. The molecule has 21 heavy (non-hydrogen) atoms. The highest BCUT2D eigenvalue weighted by Gasteiger charge is 2.11. The summed E-state index contributed by atoms with van der Waals surface area (Å²) in [4.78, 5) is 13.8. The van der Waals surface area contributed by atoms with Gasteiger partial charge in [0.2, 0.25) is 15.9 Å². The number of nitrogens with one attached hydrogen (secondary N) is 2. The number of amides is 1. The van der Waals surface area contributed by atoms with E-state index in [1.807, 2.05) is 13.8 Å². The molecule has 0 aliphatic heterocycles. The lowest BCUT2D eigenvalue weighted by molar-refractivity contribution is -0.130. The van der Waals surface area contributed by atoms with E-state index in [1.165, 1.54) is 19.2 Å². The lowest BCUT2D eigenvalue weighted by Gasteiger charge is -2.18. The van der Waals surface area contributed by atoms with Crippen LogP contribution in [0, 0.1) is 0 Å². The number of carbonyl (C=O) groups is 1. The van der Waals surface area contributed by atoms with Gasteiger partial charge in [-0.15, -0.1) is 0 Å². The molecule has 0 fully saturated rings. The van der Waals surface area contributed by atoms with Crippen molar-refractivity contribution in [2.24, 2.45) is 0 Å². The highest BCUT2D eigenvalue weighted by Crippen LogP contribution is 2.13. The monoisotopic (exact) mass is 313 g/mol. The van der Waals surface area contributed by atoms with Crippen LogP contribution in [0.5, 0.6) is 0 Å². The second kappa shape index (κ2) is 7.99. The van der Waals surface area contributed by atoms with Crippen LogP contribution >= 0.6 is 0 Å². The number of rotatable bonds is 8. The first kappa shape index (κ1) is 17.5. The van der Waals surface area contributed by atoms with E-state index in [9.17, 15) is 13.2 Å². The molecule has 0 saturated heterocycles. The maximum absolute atomic E-state index is 11.8. The minimum atomic E-state index is -3.41. The Morgan fingerprint density at radius 3 is 2.19 bits per heavy atom. The molecule has 6 nitrogen and oxygen atoms in total. The van der Waals surface area contributed by atoms with Gasteiger partial charge in [0.25, 0.3) is 0 Å². The van der Waals surface area contributed by atoms with Crippen molar-refractivity contribution in [2.45, 2.75) is 25.2 Å². The average molecular weight is 313 g/mol. The van der Waals surface area contributed by atoms with Gasteiger partial charge in [-0.25, -0.2) is 13.1 Å².